The van der Waals surface area contributed by atoms with Crippen LogP contribution < -0.4 is 10.2 Å². The first kappa shape index (κ1) is 80.6. The summed E-state index contributed by atoms with van der Waals surface area (Å²) in [5, 5.41) is 13.9. The third-order valence-electron chi connectivity index (χ3n) is 14.9. The van der Waals surface area contributed by atoms with Gasteiger partial charge in [0, 0.05) is 6.42 Å². The largest absolute Gasteiger partial charge is 0.756 e. The van der Waals surface area contributed by atoms with Crippen LogP contribution in [0.1, 0.15) is 284 Å². The number of nitrogens with one attached hydrogen (secondary N) is 1. The average Bonchev–Trinajstić information content (AvgIpc) is 3.56. The molecule has 0 aromatic carbocycles. The number of hydrogen-bond acceptors (Lipinski definition) is 6. The minimum atomic E-state index is -4.61. The van der Waals surface area contributed by atoms with E-state index in [1.165, 1.54) is 154 Å². The molecule has 2 N–H and O–H groups in total. The van der Waals surface area contributed by atoms with Gasteiger partial charge >= 0.3 is 0 Å². The topological polar surface area (TPSA) is 108 Å². The molecule has 0 radical (unpaired) electrons. The number of amides is 1. The highest BCUT2D eigenvalue weighted by Gasteiger charge is 2.23. The van der Waals surface area contributed by atoms with Crippen molar-refractivity contribution in [1.82, 2.24) is 5.32 Å². The average molecular weight is 1190 g/mol. The minimum Gasteiger partial charge on any atom is -0.756 e. The summed E-state index contributed by atoms with van der Waals surface area (Å²) in [6.07, 6.45) is 97.0. The van der Waals surface area contributed by atoms with Crippen molar-refractivity contribution < 1.29 is 32.9 Å². The predicted octanol–water partition coefficient (Wildman–Crippen LogP) is 21.6. The molecule has 9 heteroatoms. The van der Waals surface area contributed by atoms with E-state index in [1.807, 2.05) is 27.2 Å². The summed E-state index contributed by atoms with van der Waals surface area (Å²) in [4.78, 5) is 25.6. The summed E-state index contributed by atoms with van der Waals surface area (Å²) in [6, 6.07) is -0.898. The number of carbonyl (C=O) groups excluding carboxylic acids is 1. The predicted molar refractivity (Wildman–Crippen MR) is 366 cm³/mol. The number of unbranched alkanes of at least 4 members (excludes halogenated alkanes) is 29. The van der Waals surface area contributed by atoms with E-state index in [4.69, 9.17) is 9.05 Å². The summed E-state index contributed by atoms with van der Waals surface area (Å²) in [5.41, 5.74) is 0. The molecule has 0 saturated carbocycles. The van der Waals surface area contributed by atoms with Crippen LogP contribution in [0.5, 0.6) is 0 Å². The highest BCUT2D eigenvalue weighted by molar-refractivity contribution is 7.45. The number of likely N-dealkylation sites (N-methyl/N-ethyl adjacent to an activating group) is 1. The fraction of sp³-hybridized carbons (Fsp3) is 0.693. The van der Waals surface area contributed by atoms with Crippen LogP contribution in [-0.4, -0.2) is 68.5 Å². The van der Waals surface area contributed by atoms with Crippen molar-refractivity contribution in [2.75, 3.05) is 40.9 Å². The van der Waals surface area contributed by atoms with Crippen LogP contribution in [0.4, 0.5) is 0 Å². The number of aliphatic hydroxyl groups is 1. The van der Waals surface area contributed by atoms with Crippen LogP contribution in [0.25, 0.3) is 0 Å². The number of allylic oxidation sites excluding steroid dienone is 21. The van der Waals surface area contributed by atoms with Crippen LogP contribution >= 0.6 is 7.82 Å². The lowest BCUT2D eigenvalue weighted by molar-refractivity contribution is -0.870. The number of aliphatic hydroxyl groups excluding tert-OH is 1. The summed E-state index contributed by atoms with van der Waals surface area (Å²) < 4.78 is 23.4. The molecule has 482 valence electrons. The van der Waals surface area contributed by atoms with Gasteiger partial charge in [-0.2, -0.15) is 0 Å². The van der Waals surface area contributed by atoms with Crippen molar-refractivity contribution in [2.24, 2.45) is 0 Å². The van der Waals surface area contributed by atoms with Crippen molar-refractivity contribution >= 4 is 13.7 Å². The van der Waals surface area contributed by atoms with Gasteiger partial charge in [-0.1, -0.05) is 314 Å². The van der Waals surface area contributed by atoms with E-state index in [2.05, 4.69) is 141 Å². The lowest BCUT2D eigenvalue weighted by atomic mass is 10.0. The maximum absolute atomic E-state index is 13.0. The van der Waals surface area contributed by atoms with Crippen LogP contribution in [0, 0.1) is 0 Å². The van der Waals surface area contributed by atoms with Crippen molar-refractivity contribution in [1.29, 1.82) is 0 Å². The van der Waals surface area contributed by atoms with Gasteiger partial charge in [0.2, 0.25) is 5.91 Å². The van der Waals surface area contributed by atoms with Gasteiger partial charge in [-0.05, 0) is 96.3 Å². The van der Waals surface area contributed by atoms with Gasteiger partial charge in [0.1, 0.15) is 13.2 Å². The number of rotatable bonds is 62. The molecule has 0 rings (SSSR count). The van der Waals surface area contributed by atoms with E-state index >= 15 is 0 Å². The molecule has 0 aliphatic carbocycles. The number of phosphoric ester groups is 1. The van der Waals surface area contributed by atoms with Crippen molar-refractivity contribution in [3.8, 4) is 0 Å². The molecule has 3 unspecified atom stereocenters. The Morgan fingerprint density at radius 3 is 1.06 bits per heavy atom. The first-order chi connectivity index (χ1) is 41.0. The van der Waals surface area contributed by atoms with E-state index in [-0.39, 0.29) is 19.1 Å². The Hall–Kier alpha value is -3.36. The number of phosphoric acid groups is 1. The summed E-state index contributed by atoms with van der Waals surface area (Å²) in [7, 11) is 1.25. The first-order valence-corrected chi connectivity index (χ1v) is 36.0. The fourth-order valence-corrected chi connectivity index (χ4v) is 10.3. The molecule has 0 bridgehead atoms. The second kappa shape index (κ2) is 64.1. The third-order valence-corrected chi connectivity index (χ3v) is 15.8. The Bertz CT molecular complexity index is 1830. The molecule has 0 aromatic heterocycles. The Kier molecular flexibility index (Phi) is 61.6. The zero-order valence-electron chi connectivity index (χ0n) is 55.1. The summed E-state index contributed by atoms with van der Waals surface area (Å²) >= 11 is 0. The second-order valence-electron chi connectivity index (χ2n) is 24.2. The molecular weight excluding hydrogens is 1060 g/mol. The Labute approximate surface area is 519 Å². The molecule has 84 heavy (non-hydrogen) atoms. The number of carbonyl (C=O) groups is 1. The molecule has 0 spiro atoms. The van der Waals surface area contributed by atoms with Crippen LogP contribution in [0.15, 0.2) is 134 Å². The molecule has 0 saturated heterocycles. The van der Waals surface area contributed by atoms with E-state index in [9.17, 15) is 19.4 Å². The summed E-state index contributed by atoms with van der Waals surface area (Å²) in [5.74, 6) is -0.205. The standard InChI is InChI=1S/C75H131N2O6P/c1-6-8-10-12-14-16-18-20-22-24-26-28-29-30-31-32-33-34-35-36-37-38-39-40-41-42-43-44-45-46-47-49-51-53-55-57-59-61-63-65-67-69-75(79)76-73(72-83-84(80,81)82-71-70-77(3,4)5)74(78)68-66-64-62-60-58-56-54-52-50-48-27-25-23-21-19-17-15-13-11-9-7-2/h8,10,14,16,20,22,26,28,30-31,33-34,36-37,39-40,42-43,45-46,66,68,73-74,78H,6-7,9,11-13,15,17-19,21,23-25,27,29,32,35,38,41,44,47-65,67,69-72H2,1-5H3,(H-,76,79,80,81)/b10-8-,16-14-,22-20-,28-26-,31-30-,34-33-,37-36-,40-39-,43-42-,46-45-,68-66+. The van der Waals surface area contributed by atoms with Crippen LogP contribution in [-0.2, 0) is 18.4 Å². The molecular formula is C75H131N2O6P. The van der Waals surface area contributed by atoms with Crippen LogP contribution in [0.3, 0.4) is 0 Å². The Morgan fingerprint density at radius 2 is 0.726 bits per heavy atom. The van der Waals surface area contributed by atoms with E-state index in [0.717, 1.165) is 109 Å². The molecule has 0 aromatic rings. The van der Waals surface area contributed by atoms with Gasteiger partial charge in [-0.25, -0.2) is 0 Å². The second-order valence-corrected chi connectivity index (χ2v) is 25.6. The van der Waals surface area contributed by atoms with Crippen molar-refractivity contribution in [2.45, 2.75) is 296 Å². The molecule has 0 fully saturated rings. The van der Waals surface area contributed by atoms with Crippen molar-refractivity contribution in [3.63, 3.8) is 0 Å². The van der Waals surface area contributed by atoms with E-state index in [0.29, 0.717) is 17.4 Å². The lowest BCUT2D eigenvalue weighted by Gasteiger charge is -2.29. The van der Waals surface area contributed by atoms with Crippen LogP contribution in [0.2, 0.25) is 0 Å². The van der Waals surface area contributed by atoms with Gasteiger partial charge in [0.15, 0.2) is 0 Å². The zero-order chi connectivity index (χ0) is 61.2. The Balaban J connectivity index is 4.11. The zero-order valence-corrected chi connectivity index (χ0v) is 56.0. The van der Waals surface area contributed by atoms with Gasteiger partial charge in [0.05, 0.1) is 39.9 Å². The smallest absolute Gasteiger partial charge is 0.268 e. The van der Waals surface area contributed by atoms with E-state index in [1.54, 1.807) is 6.08 Å². The number of quaternary nitrogens is 1. The maximum Gasteiger partial charge on any atom is 0.268 e. The molecule has 1 amide bonds. The first-order valence-electron chi connectivity index (χ1n) is 34.5. The summed E-state index contributed by atoms with van der Waals surface area (Å²) in [6.45, 7) is 4.55. The number of hydrogen-bond donors (Lipinski definition) is 2. The normalized spacial score (nSPS) is 14.5. The highest BCUT2D eigenvalue weighted by Crippen LogP contribution is 2.38. The molecule has 0 aliphatic heterocycles. The quantitative estimate of drug-likeness (QED) is 0.0272. The fourth-order valence-electron chi connectivity index (χ4n) is 9.54. The third kappa shape index (κ3) is 66.2. The molecule has 3 atom stereocenters. The lowest BCUT2D eigenvalue weighted by Crippen LogP contribution is -2.45. The highest BCUT2D eigenvalue weighted by atomic mass is 31.2. The molecule has 0 aliphatic rings. The maximum atomic E-state index is 13.0. The number of nitrogens with zero attached hydrogens (tertiary/aromatic N) is 1. The van der Waals surface area contributed by atoms with Gasteiger partial charge in [0.25, 0.3) is 7.82 Å². The van der Waals surface area contributed by atoms with Gasteiger partial charge in [-0.3, -0.25) is 9.36 Å². The van der Waals surface area contributed by atoms with Gasteiger partial charge < -0.3 is 28.8 Å². The van der Waals surface area contributed by atoms with E-state index < -0.39 is 20.0 Å². The minimum absolute atomic E-state index is 0.00700. The SMILES string of the molecule is CC/C=C\C/C=C\C/C=C\C/C=C\C/C=C\C/C=C\C/C=C\C/C=C\C/C=C\C/C=C\CCCCCCCCCCCCC(=O)NC(COP(=O)([O-])OCC[N+](C)(C)C)C(O)/C=C/CCCCCCCCCCCCCCCCCCCCC. The molecule has 8 nitrogen and oxygen atoms in total. The van der Waals surface area contributed by atoms with Gasteiger partial charge in [-0.15, -0.1) is 0 Å². The molecule has 0 heterocycles. The Morgan fingerprint density at radius 1 is 0.429 bits per heavy atom. The monoisotopic (exact) mass is 1190 g/mol. The van der Waals surface area contributed by atoms with Crippen molar-refractivity contribution in [3.05, 3.63) is 134 Å².